The van der Waals surface area contributed by atoms with E-state index in [1.165, 1.54) is 18.5 Å². The maximum atomic E-state index is 13.2. The third kappa shape index (κ3) is 2.24. The van der Waals surface area contributed by atoms with Crippen molar-refractivity contribution in [2.75, 3.05) is 5.32 Å². The molecule has 0 saturated carbocycles. The molecule has 5 nitrogen and oxygen atoms in total. The fraction of sp³-hybridized carbons (Fsp3) is 0.154. The molecule has 0 amide bonds. The van der Waals surface area contributed by atoms with Crippen LogP contribution in [0.3, 0.4) is 0 Å². The van der Waals surface area contributed by atoms with Gasteiger partial charge in [-0.2, -0.15) is 5.10 Å². The Labute approximate surface area is 108 Å². The van der Waals surface area contributed by atoms with E-state index < -0.39 is 0 Å². The molecule has 2 aromatic heterocycles. The Morgan fingerprint density at radius 3 is 3.05 bits per heavy atom. The van der Waals surface area contributed by atoms with Gasteiger partial charge in [-0.05, 0) is 24.6 Å². The first-order valence-corrected chi connectivity index (χ1v) is 5.90. The van der Waals surface area contributed by atoms with E-state index in [1.54, 1.807) is 12.3 Å². The van der Waals surface area contributed by atoms with Crippen molar-refractivity contribution >= 4 is 16.9 Å². The van der Waals surface area contributed by atoms with Crippen molar-refractivity contribution < 1.29 is 4.39 Å². The topological polar surface area (TPSA) is 66.5 Å². The summed E-state index contributed by atoms with van der Waals surface area (Å²) in [7, 11) is 0. The van der Waals surface area contributed by atoms with Crippen LogP contribution in [-0.2, 0) is 0 Å². The largest absolute Gasteiger partial charge is 0.363 e. The van der Waals surface area contributed by atoms with Crippen molar-refractivity contribution in [3.8, 4) is 0 Å². The van der Waals surface area contributed by atoms with Gasteiger partial charge in [-0.1, -0.05) is 12.1 Å². The van der Waals surface area contributed by atoms with Gasteiger partial charge in [0.1, 0.15) is 18.0 Å². The molecule has 0 aliphatic carbocycles. The second-order valence-electron chi connectivity index (χ2n) is 4.28. The molecule has 1 atom stereocenters. The zero-order valence-electron chi connectivity index (χ0n) is 10.3. The van der Waals surface area contributed by atoms with Gasteiger partial charge in [0.25, 0.3) is 0 Å². The lowest BCUT2D eigenvalue weighted by Gasteiger charge is -2.15. The number of hydrogen-bond donors (Lipinski definition) is 2. The highest BCUT2D eigenvalue weighted by molar-refractivity contribution is 5.85. The highest BCUT2D eigenvalue weighted by Gasteiger charge is 2.10. The zero-order chi connectivity index (χ0) is 13.2. The van der Waals surface area contributed by atoms with Crippen LogP contribution < -0.4 is 5.32 Å². The summed E-state index contributed by atoms with van der Waals surface area (Å²) in [6.45, 7) is 1.95. The minimum absolute atomic E-state index is 0.0660. The Balaban J connectivity index is 1.90. The predicted molar refractivity (Wildman–Crippen MR) is 70.1 cm³/mol. The van der Waals surface area contributed by atoms with E-state index in [1.807, 2.05) is 13.0 Å². The first-order chi connectivity index (χ1) is 9.24. The summed E-state index contributed by atoms with van der Waals surface area (Å²) in [4.78, 5) is 8.26. The van der Waals surface area contributed by atoms with Gasteiger partial charge in [-0.3, -0.25) is 5.10 Å². The molecule has 96 valence electrons. The van der Waals surface area contributed by atoms with Crippen LogP contribution in [0.5, 0.6) is 0 Å². The van der Waals surface area contributed by atoms with Crippen LogP contribution in [0.15, 0.2) is 36.8 Å². The van der Waals surface area contributed by atoms with Gasteiger partial charge >= 0.3 is 0 Å². The van der Waals surface area contributed by atoms with Crippen molar-refractivity contribution in [2.24, 2.45) is 0 Å². The number of halogens is 1. The molecule has 19 heavy (non-hydrogen) atoms. The molecule has 0 aliphatic heterocycles. The molecule has 3 aromatic rings. The minimum atomic E-state index is -0.248. The second-order valence-corrected chi connectivity index (χ2v) is 4.28. The number of nitrogens with one attached hydrogen (secondary N) is 2. The molecule has 0 aliphatic rings. The molecule has 0 spiro atoms. The fourth-order valence-corrected chi connectivity index (χ4v) is 1.94. The zero-order valence-corrected chi connectivity index (χ0v) is 10.3. The Kier molecular flexibility index (Phi) is 2.83. The SMILES string of the molecule is C[C@@H](Nc1ncnc2[nH]ncc12)c1cccc(F)c1. The average molecular weight is 257 g/mol. The van der Waals surface area contributed by atoms with Gasteiger partial charge in [-0.25, -0.2) is 14.4 Å². The number of aromatic amines is 1. The molecule has 0 saturated heterocycles. The van der Waals surface area contributed by atoms with E-state index in [0.29, 0.717) is 11.5 Å². The first-order valence-electron chi connectivity index (χ1n) is 5.90. The molecule has 0 fully saturated rings. The van der Waals surface area contributed by atoms with Crippen molar-refractivity contribution in [3.63, 3.8) is 0 Å². The number of rotatable bonds is 3. The summed E-state index contributed by atoms with van der Waals surface area (Å²) >= 11 is 0. The summed E-state index contributed by atoms with van der Waals surface area (Å²) in [5.41, 5.74) is 1.53. The number of aromatic nitrogens is 4. The number of fused-ring (bicyclic) bond motifs is 1. The van der Waals surface area contributed by atoms with Crippen LogP contribution in [0.2, 0.25) is 0 Å². The third-order valence-corrected chi connectivity index (χ3v) is 2.95. The Morgan fingerprint density at radius 2 is 2.21 bits per heavy atom. The molecular formula is C13H12FN5. The molecule has 0 radical (unpaired) electrons. The van der Waals surface area contributed by atoms with Crippen molar-refractivity contribution in [1.82, 2.24) is 20.2 Å². The van der Waals surface area contributed by atoms with Crippen molar-refractivity contribution in [1.29, 1.82) is 0 Å². The van der Waals surface area contributed by atoms with E-state index in [2.05, 4.69) is 25.5 Å². The fourth-order valence-electron chi connectivity index (χ4n) is 1.94. The molecule has 0 bridgehead atoms. The molecular weight excluding hydrogens is 245 g/mol. The lowest BCUT2D eigenvalue weighted by Crippen LogP contribution is -2.08. The second kappa shape index (κ2) is 4.64. The van der Waals surface area contributed by atoms with Crippen LogP contribution >= 0.6 is 0 Å². The van der Waals surface area contributed by atoms with Crippen molar-refractivity contribution in [3.05, 3.63) is 48.2 Å². The number of nitrogens with zero attached hydrogens (tertiary/aromatic N) is 3. The molecule has 2 heterocycles. The van der Waals surface area contributed by atoms with E-state index in [0.717, 1.165) is 10.9 Å². The summed E-state index contributed by atoms with van der Waals surface area (Å²) in [5, 5.41) is 10.8. The molecule has 3 rings (SSSR count). The minimum Gasteiger partial charge on any atom is -0.363 e. The van der Waals surface area contributed by atoms with Gasteiger partial charge in [0.05, 0.1) is 17.6 Å². The summed E-state index contributed by atoms with van der Waals surface area (Å²) < 4.78 is 13.2. The monoisotopic (exact) mass is 257 g/mol. The normalized spacial score (nSPS) is 12.5. The van der Waals surface area contributed by atoms with Crippen LogP contribution in [0.1, 0.15) is 18.5 Å². The van der Waals surface area contributed by atoms with E-state index in [-0.39, 0.29) is 11.9 Å². The number of benzene rings is 1. The Hall–Kier alpha value is -2.50. The number of H-pyrrole nitrogens is 1. The van der Waals surface area contributed by atoms with Gasteiger partial charge < -0.3 is 5.32 Å². The highest BCUT2D eigenvalue weighted by atomic mass is 19.1. The number of anilines is 1. The predicted octanol–water partition coefficient (Wildman–Crippen LogP) is 2.67. The summed E-state index contributed by atoms with van der Waals surface area (Å²) in [6.07, 6.45) is 3.12. The average Bonchev–Trinajstić information content (AvgIpc) is 2.88. The number of hydrogen-bond acceptors (Lipinski definition) is 4. The maximum absolute atomic E-state index is 13.2. The maximum Gasteiger partial charge on any atom is 0.160 e. The smallest absolute Gasteiger partial charge is 0.160 e. The molecule has 6 heteroatoms. The van der Waals surface area contributed by atoms with Gasteiger partial charge in [0.2, 0.25) is 0 Å². The molecule has 2 N–H and O–H groups in total. The molecule has 0 unspecified atom stereocenters. The van der Waals surface area contributed by atoms with E-state index >= 15 is 0 Å². The van der Waals surface area contributed by atoms with Gasteiger partial charge in [0, 0.05) is 0 Å². The highest BCUT2D eigenvalue weighted by Crippen LogP contribution is 2.22. The standard InChI is InChI=1S/C13H12FN5/c1-8(9-3-2-4-10(14)5-9)18-12-11-6-17-19-13(11)16-7-15-12/h2-8H,1H3,(H2,15,16,17,18,19)/t8-/m1/s1. The third-order valence-electron chi connectivity index (χ3n) is 2.95. The van der Waals surface area contributed by atoms with Gasteiger partial charge in [-0.15, -0.1) is 0 Å². The lowest BCUT2D eigenvalue weighted by molar-refractivity contribution is 0.623. The van der Waals surface area contributed by atoms with Crippen LogP contribution in [0.4, 0.5) is 10.2 Å². The van der Waals surface area contributed by atoms with Crippen molar-refractivity contribution in [2.45, 2.75) is 13.0 Å². The van der Waals surface area contributed by atoms with E-state index in [4.69, 9.17) is 0 Å². The summed E-state index contributed by atoms with van der Waals surface area (Å²) in [5.74, 6) is 0.429. The Morgan fingerprint density at radius 1 is 1.32 bits per heavy atom. The first kappa shape index (κ1) is 11.6. The van der Waals surface area contributed by atoms with Crippen LogP contribution in [0, 0.1) is 5.82 Å². The van der Waals surface area contributed by atoms with Crippen LogP contribution in [-0.4, -0.2) is 20.2 Å². The van der Waals surface area contributed by atoms with Crippen LogP contribution in [0.25, 0.3) is 11.0 Å². The molecule has 1 aromatic carbocycles. The van der Waals surface area contributed by atoms with E-state index in [9.17, 15) is 4.39 Å². The summed E-state index contributed by atoms with van der Waals surface area (Å²) in [6, 6.07) is 6.43. The Bertz CT molecular complexity index is 709. The van der Waals surface area contributed by atoms with Gasteiger partial charge in [0.15, 0.2) is 5.65 Å². The lowest BCUT2D eigenvalue weighted by atomic mass is 10.1. The quantitative estimate of drug-likeness (QED) is 0.757.